The number of anilines is 1. The Morgan fingerprint density at radius 2 is 2.12 bits per heavy atom. The highest BCUT2D eigenvalue weighted by molar-refractivity contribution is 6.01. The van der Waals surface area contributed by atoms with Gasteiger partial charge >= 0.3 is 0 Å². The minimum atomic E-state index is -0.550. The van der Waals surface area contributed by atoms with Crippen LogP contribution in [0.4, 0.5) is 10.2 Å². The van der Waals surface area contributed by atoms with Crippen LogP contribution in [-0.2, 0) is 16.0 Å². The third kappa shape index (κ3) is 3.82. The number of hydrogen-bond donors (Lipinski definition) is 1. The lowest BCUT2D eigenvalue weighted by Crippen LogP contribution is -2.52. The van der Waals surface area contributed by atoms with Crippen LogP contribution < -0.4 is 10.2 Å². The minimum absolute atomic E-state index is 0.106. The van der Waals surface area contributed by atoms with Crippen molar-refractivity contribution >= 4 is 11.7 Å². The Morgan fingerprint density at radius 1 is 1.27 bits per heavy atom. The van der Waals surface area contributed by atoms with Gasteiger partial charge in [0.2, 0.25) is 0 Å². The van der Waals surface area contributed by atoms with Gasteiger partial charge in [-0.25, -0.2) is 14.1 Å². The molecule has 0 atom stereocenters. The lowest BCUT2D eigenvalue weighted by molar-refractivity contribution is 0.00374. The summed E-state index contributed by atoms with van der Waals surface area (Å²) in [6.07, 6.45) is 1.88. The summed E-state index contributed by atoms with van der Waals surface area (Å²) in [5, 5.41) is 16.9. The van der Waals surface area contributed by atoms with Crippen LogP contribution >= 0.6 is 0 Å². The number of pyridine rings is 1. The van der Waals surface area contributed by atoms with Gasteiger partial charge in [-0.2, -0.15) is 10.4 Å². The average molecular weight is 448 g/mol. The van der Waals surface area contributed by atoms with Crippen molar-refractivity contribution in [2.45, 2.75) is 12.6 Å². The summed E-state index contributed by atoms with van der Waals surface area (Å²) < 4.78 is 27.0. The molecule has 1 saturated heterocycles. The number of amides is 1. The van der Waals surface area contributed by atoms with E-state index >= 15 is 0 Å². The molecule has 0 radical (unpaired) electrons. The quantitative estimate of drug-likeness (QED) is 0.552. The Morgan fingerprint density at radius 3 is 2.91 bits per heavy atom. The molecule has 1 fully saturated rings. The molecule has 2 aliphatic heterocycles. The standard InChI is InChI=1S/C23H21FN6O3/c1-32-7-8-33-15-12-29(13-15)20-5-6-30(28-20)19-9-17(27-18-11-26-23(31)22(18)19)21-14(10-25)3-2-4-16(21)24/h2-6,9,15H,7-8,11-13H2,1H3,(H,26,31). The van der Waals surface area contributed by atoms with E-state index in [4.69, 9.17) is 9.47 Å². The highest BCUT2D eigenvalue weighted by atomic mass is 19.1. The van der Waals surface area contributed by atoms with Gasteiger partial charge in [0.1, 0.15) is 5.82 Å². The van der Waals surface area contributed by atoms with Gasteiger partial charge in [0.25, 0.3) is 5.91 Å². The molecule has 0 spiro atoms. The Balaban J connectivity index is 1.48. The number of methoxy groups -OCH3 is 1. The number of nitrogens with zero attached hydrogens (tertiary/aromatic N) is 5. The van der Waals surface area contributed by atoms with Crippen molar-refractivity contribution in [1.29, 1.82) is 5.26 Å². The first-order valence-corrected chi connectivity index (χ1v) is 10.5. The number of nitrogens with one attached hydrogen (secondary N) is 1. The third-order valence-electron chi connectivity index (χ3n) is 5.74. The number of rotatable bonds is 7. The number of carbonyl (C=O) groups excluding carboxylic acids is 1. The van der Waals surface area contributed by atoms with Crippen molar-refractivity contribution in [2.75, 3.05) is 38.3 Å². The molecule has 4 heterocycles. The molecule has 33 heavy (non-hydrogen) atoms. The van der Waals surface area contributed by atoms with Gasteiger partial charge < -0.3 is 19.7 Å². The van der Waals surface area contributed by atoms with Crippen molar-refractivity contribution in [3.63, 3.8) is 0 Å². The lowest BCUT2D eigenvalue weighted by Gasteiger charge is -2.39. The Kier molecular flexibility index (Phi) is 5.50. The third-order valence-corrected chi connectivity index (χ3v) is 5.74. The lowest BCUT2D eigenvalue weighted by atomic mass is 10.0. The van der Waals surface area contributed by atoms with Crippen LogP contribution in [0.2, 0.25) is 0 Å². The van der Waals surface area contributed by atoms with E-state index in [1.54, 1.807) is 24.1 Å². The number of aromatic nitrogens is 3. The van der Waals surface area contributed by atoms with Crippen LogP contribution in [0.15, 0.2) is 36.5 Å². The summed E-state index contributed by atoms with van der Waals surface area (Å²) in [7, 11) is 1.64. The first kappa shape index (κ1) is 21.1. The number of carbonyl (C=O) groups is 1. The van der Waals surface area contributed by atoms with Gasteiger partial charge in [0.05, 0.1) is 65.7 Å². The Labute approximate surface area is 189 Å². The van der Waals surface area contributed by atoms with Crippen molar-refractivity contribution in [3.8, 4) is 23.0 Å². The Hall–Kier alpha value is -3.81. The molecule has 0 unspecified atom stereocenters. The van der Waals surface area contributed by atoms with E-state index in [-0.39, 0.29) is 35.4 Å². The monoisotopic (exact) mass is 448 g/mol. The van der Waals surface area contributed by atoms with E-state index in [0.29, 0.717) is 43.2 Å². The van der Waals surface area contributed by atoms with Crippen LogP contribution in [0, 0.1) is 17.1 Å². The van der Waals surface area contributed by atoms with Crippen molar-refractivity contribution < 1.29 is 18.7 Å². The van der Waals surface area contributed by atoms with E-state index in [1.165, 1.54) is 18.2 Å². The Bertz CT molecular complexity index is 1260. The highest BCUT2D eigenvalue weighted by Crippen LogP contribution is 2.32. The molecule has 9 nitrogen and oxygen atoms in total. The fraction of sp³-hybridized carbons (Fsp3) is 0.304. The summed E-state index contributed by atoms with van der Waals surface area (Å²) in [6.45, 7) is 2.75. The maximum atomic E-state index is 14.7. The first-order valence-electron chi connectivity index (χ1n) is 10.5. The zero-order valence-corrected chi connectivity index (χ0v) is 17.9. The number of ether oxygens (including phenoxy) is 2. The molecule has 1 amide bonds. The second-order valence-electron chi connectivity index (χ2n) is 7.81. The molecule has 168 valence electrons. The average Bonchev–Trinajstić information content (AvgIpc) is 3.42. The van der Waals surface area contributed by atoms with Gasteiger partial charge in [-0.05, 0) is 18.2 Å². The van der Waals surface area contributed by atoms with E-state index in [0.717, 1.165) is 5.82 Å². The van der Waals surface area contributed by atoms with Gasteiger partial charge in [0.15, 0.2) is 5.82 Å². The summed E-state index contributed by atoms with van der Waals surface area (Å²) in [4.78, 5) is 19.1. The second kappa shape index (κ2) is 8.61. The molecule has 3 aromatic rings. The van der Waals surface area contributed by atoms with Crippen LogP contribution in [0.1, 0.15) is 21.6 Å². The van der Waals surface area contributed by atoms with Gasteiger partial charge in [-0.3, -0.25) is 4.79 Å². The van der Waals surface area contributed by atoms with Crippen molar-refractivity contribution in [3.05, 3.63) is 59.2 Å². The van der Waals surface area contributed by atoms with Crippen LogP contribution in [-0.4, -0.2) is 60.2 Å². The van der Waals surface area contributed by atoms with Gasteiger partial charge in [0, 0.05) is 32.5 Å². The number of fused-ring (bicyclic) bond motifs is 1. The zero-order valence-electron chi connectivity index (χ0n) is 17.9. The molecule has 0 aliphatic carbocycles. The van der Waals surface area contributed by atoms with Crippen molar-refractivity contribution in [2.24, 2.45) is 0 Å². The maximum absolute atomic E-state index is 14.7. The number of benzene rings is 1. The van der Waals surface area contributed by atoms with Crippen LogP contribution in [0.3, 0.4) is 0 Å². The summed E-state index contributed by atoms with van der Waals surface area (Å²) in [5.74, 6) is -0.0672. The summed E-state index contributed by atoms with van der Waals surface area (Å²) in [6, 6.07) is 9.78. The normalized spacial score (nSPS) is 15.2. The van der Waals surface area contributed by atoms with E-state index in [2.05, 4.69) is 20.3 Å². The minimum Gasteiger partial charge on any atom is -0.382 e. The largest absolute Gasteiger partial charge is 0.382 e. The number of nitriles is 1. The predicted molar refractivity (Wildman–Crippen MR) is 116 cm³/mol. The fourth-order valence-corrected chi connectivity index (χ4v) is 4.04. The smallest absolute Gasteiger partial charge is 0.255 e. The topological polar surface area (TPSA) is 105 Å². The molecule has 1 aromatic carbocycles. The molecule has 5 rings (SSSR count). The van der Waals surface area contributed by atoms with Gasteiger partial charge in [-0.1, -0.05) is 6.07 Å². The number of halogens is 1. The molecular weight excluding hydrogens is 427 g/mol. The summed E-state index contributed by atoms with van der Waals surface area (Å²) >= 11 is 0. The van der Waals surface area contributed by atoms with E-state index in [9.17, 15) is 14.4 Å². The molecule has 10 heteroatoms. The number of hydrogen-bond acceptors (Lipinski definition) is 7. The maximum Gasteiger partial charge on any atom is 0.255 e. The molecule has 2 aromatic heterocycles. The van der Waals surface area contributed by atoms with Gasteiger partial charge in [-0.15, -0.1) is 0 Å². The highest BCUT2D eigenvalue weighted by Gasteiger charge is 2.31. The predicted octanol–water partition coefficient (Wildman–Crippen LogP) is 2.04. The van der Waals surface area contributed by atoms with E-state index in [1.807, 2.05) is 12.1 Å². The second-order valence-corrected chi connectivity index (χ2v) is 7.81. The molecule has 2 aliphatic rings. The van der Waals surface area contributed by atoms with Crippen molar-refractivity contribution in [1.82, 2.24) is 20.1 Å². The summed E-state index contributed by atoms with van der Waals surface area (Å²) in [5.41, 5.74) is 1.93. The fourth-order valence-electron chi connectivity index (χ4n) is 4.04. The molecule has 1 N–H and O–H groups in total. The zero-order chi connectivity index (χ0) is 22.9. The molecular formula is C23H21FN6O3. The van der Waals surface area contributed by atoms with Crippen LogP contribution in [0.5, 0.6) is 0 Å². The SMILES string of the molecule is COCCOC1CN(c2ccn(-c3cc(-c4c(F)cccc4C#N)nc4c3C(=O)NC4)n2)C1. The van der Waals surface area contributed by atoms with E-state index < -0.39 is 5.82 Å². The molecule has 0 bridgehead atoms. The first-order chi connectivity index (χ1) is 16.1. The van der Waals surface area contributed by atoms with Crippen LogP contribution in [0.25, 0.3) is 16.9 Å². The molecule has 0 saturated carbocycles.